The van der Waals surface area contributed by atoms with Crippen molar-refractivity contribution in [1.82, 2.24) is 0 Å². The first-order valence-corrected chi connectivity index (χ1v) is 15.3. The predicted molar refractivity (Wildman–Crippen MR) is 172 cm³/mol. The number of sulfonamides is 1. The fourth-order valence-electron chi connectivity index (χ4n) is 5.18. The summed E-state index contributed by atoms with van der Waals surface area (Å²) in [5.41, 5.74) is 4.10. The van der Waals surface area contributed by atoms with Gasteiger partial charge in [0.1, 0.15) is 12.6 Å². The number of carbonyl (C=O) groups is 4. The van der Waals surface area contributed by atoms with Crippen molar-refractivity contribution in [2.45, 2.75) is 11.8 Å². The van der Waals surface area contributed by atoms with E-state index in [1.807, 2.05) is 18.2 Å². The molecule has 0 aliphatic carbocycles. The summed E-state index contributed by atoms with van der Waals surface area (Å²) in [7, 11) is -2.43. The topological polar surface area (TPSA) is 151 Å². The van der Waals surface area contributed by atoms with Gasteiger partial charge in [0, 0.05) is 29.5 Å². The van der Waals surface area contributed by atoms with Crippen LogP contribution in [0.25, 0.3) is 0 Å². The van der Waals surface area contributed by atoms with Gasteiger partial charge in [0.2, 0.25) is 0 Å². The van der Waals surface area contributed by atoms with Gasteiger partial charge in [-0.3, -0.25) is 24.1 Å². The molecular formula is C34H28N4O6S. The SMILES string of the molecule is CN=C(c1ccc(NC(=O)c2ccc(S(=O)(=O)Nc3cc(C)cc(C=O)c3)cc2)cc1)C1C(=O)N=C(c2ccccc2)C1C=O. The second-order valence-corrected chi connectivity index (χ2v) is 12.0. The molecule has 2 atom stereocenters. The van der Waals surface area contributed by atoms with Gasteiger partial charge in [0.05, 0.1) is 28.2 Å². The van der Waals surface area contributed by atoms with Gasteiger partial charge >= 0.3 is 0 Å². The normalized spacial score (nSPS) is 16.5. The number of aldehydes is 2. The summed E-state index contributed by atoms with van der Waals surface area (Å²) in [6, 6.07) is 25.8. The zero-order valence-electron chi connectivity index (χ0n) is 24.3. The Balaban J connectivity index is 1.27. The molecule has 0 saturated heterocycles. The Morgan fingerprint density at radius 1 is 0.867 bits per heavy atom. The number of amides is 2. The van der Waals surface area contributed by atoms with Crippen molar-refractivity contribution in [2.24, 2.45) is 21.8 Å². The molecule has 4 aromatic rings. The quantitative estimate of drug-likeness (QED) is 0.193. The Morgan fingerprint density at radius 3 is 2.16 bits per heavy atom. The van der Waals surface area contributed by atoms with Crippen LogP contribution < -0.4 is 10.0 Å². The van der Waals surface area contributed by atoms with E-state index in [0.29, 0.717) is 40.1 Å². The van der Waals surface area contributed by atoms with Gasteiger partial charge in [-0.05, 0) is 78.2 Å². The maximum absolute atomic E-state index is 12.9. The van der Waals surface area contributed by atoms with Crippen molar-refractivity contribution >= 4 is 57.2 Å². The summed E-state index contributed by atoms with van der Waals surface area (Å²) in [6.45, 7) is 1.75. The summed E-state index contributed by atoms with van der Waals surface area (Å²) in [6.07, 6.45) is 1.36. The molecular weight excluding hydrogens is 592 g/mol. The van der Waals surface area contributed by atoms with Crippen LogP contribution in [0.2, 0.25) is 0 Å². The zero-order chi connectivity index (χ0) is 32.1. The first kappa shape index (κ1) is 30.9. The van der Waals surface area contributed by atoms with Crippen LogP contribution in [0.15, 0.2) is 112 Å². The highest BCUT2D eigenvalue weighted by atomic mass is 32.2. The molecule has 0 bridgehead atoms. The molecule has 2 unspecified atom stereocenters. The average molecular weight is 621 g/mol. The molecule has 226 valence electrons. The summed E-state index contributed by atoms with van der Waals surface area (Å²) >= 11 is 0. The average Bonchev–Trinajstić information content (AvgIpc) is 3.37. The number of benzene rings is 4. The van der Waals surface area contributed by atoms with Gasteiger partial charge in [0.15, 0.2) is 0 Å². The Kier molecular flexibility index (Phi) is 8.91. The van der Waals surface area contributed by atoms with Crippen LogP contribution in [0.3, 0.4) is 0 Å². The lowest BCUT2D eigenvalue weighted by atomic mass is 9.83. The summed E-state index contributed by atoms with van der Waals surface area (Å²) in [5.74, 6) is -2.57. The lowest BCUT2D eigenvalue weighted by Crippen LogP contribution is -2.31. The Hall–Kier alpha value is -5.55. The van der Waals surface area contributed by atoms with Gasteiger partial charge in [-0.2, -0.15) is 0 Å². The third-order valence-corrected chi connectivity index (χ3v) is 8.67. The molecule has 2 amide bonds. The van der Waals surface area contributed by atoms with Gasteiger partial charge in [-0.15, -0.1) is 0 Å². The third-order valence-electron chi connectivity index (χ3n) is 7.28. The number of aliphatic imine (C=N–C) groups is 2. The van der Waals surface area contributed by atoms with Crippen LogP contribution in [0, 0.1) is 18.8 Å². The van der Waals surface area contributed by atoms with E-state index in [-0.39, 0.29) is 16.1 Å². The molecule has 0 aromatic heterocycles. The highest BCUT2D eigenvalue weighted by Crippen LogP contribution is 2.30. The van der Waals surface area contributed by atoms with Crippen LogP contribution in [0.1, 0.15) is 37.4 Å². The molecule has 1 aliphatic rings. The Labute approximate surface area is 260 Å². The minimum Gasteiger partial charge on any atom is -0.322 e. The molecule has 11 heteroatoms. The molecule has 0 saturated carbocycles. The fraction of sp³-hybridized carbons (Fsp3) is 0.118. The predicted octanol–water partition coefficient (Wildman–Crippen LogP) is 4.74. The van der Waals surface area contributed by atoms with E-state index in [1.165, 1.54) is 30.3 Å². The number of aryl methyl sites for hydroxylation is 1. The molecule has 10 nitrogen and oxygen atoms in total. The third kappa shape index (κ3) is 6.68. The summed E-state index contributed by atoms with van der Waals surface area (Å²) in [5, 5.41) is 2.76. The molecule has 0 spiro atoms. The maximum Gasteiger partial charge on any atom is 0.261 e. The smallest absolute Gasteiger partial charge is 0.261 e. The van der Waals surface area contributed by atoms with E-state index in [4.69, 9.17) is 0 Å². The molecule has 4 aromatic carbocycles. The summed E-state index contributed by atoms with van der Waals surface area (Å²) in [4.78, 5) is 57.6. The van der Waals surface area contributed by atoms with Gasteiger partial charge < -0.3 is 10.1 Å². The van der Waals surface area contributed by atoms with Crippen molar-refractivity contribution in [3.8, 4) is 0 Å². The number of hydrogen-bond acceptors (Lipinski definition) is 7. The van der Waals surface area contributed by atoms with E-state index in [1.54, 1.807) is 62.5 Å². The number of nitrogens with zero attached hydrogens (tertiary/aromatic N) is 2. The second-order valence-electron chi connectivity index (χ2n) is 10.4. The van der Waals surface area contributed by atoms with Crippen LogP contribution >= 0.6 is 0 Å². The number of carbonyl (C=O) groups excluding carboxylic acids is 4. The van der Waals surface area contributed by atoms with Gasteiger partial charge in [-0.25, -0.2) is 13.4 Å². The standard InChI is InChI=1S/C34H28N4O6S/c1-21-16-22(19-39)18-27(17-21)38-45(43,44)28-14-10-25(11-15-28)33(41)36-26-12-8-24(9-13-26)32(35-2)30-29(20-40)31(37-34(30)42)23-6-4-3-5-7-23/h3-20,29-30,38H,1-2H3,(H,36,41). The van der Waals surface area contributed by atoms with E-state index in [2.05, 4.69) is 20.0 Å². The monoisotopic (exact) mass is 620 g/mol. The summed E-state index contributed by atoms with van der Waals surface area (Å²) < 4.78 is 28.2. The molecule has 1 heterocycles. The van der Waals surface area contributed by atoms with Gasteiger partial charge in [0.25, 0.3) is 21.8 Å². The zero-order valence-corrected chi connectivity index (χ0v) is 25.1. The van der Waals surface area contributed by atoms with E-state index in [9.17, 15) is 27.6 Å². The van der Waals surface area contributed by atoms with Crippen molar-refractivity contribution in [1.29, 1.82) is 0 Å². The molecule has 5 rings (SSSR count). The Morgan fingerprint density at radius 2 is 1.53 bits per heavy atom. The van der Waals surface area contributed by atoms with E-state index in [0.717, 1.165) is 11.8 Å². The van der Waals surface area contributed by atoms with E-state index < -0.39 is 33.7 Å². The van der Waals surface area contributed by atoms with Crippen LogP contribution in [-0.2, 0) is 19.6 Å². The first-order chi connectivity index (χ1) is 21.6. The molecule has 1 aliphatic heterocycles. The second kappa shape index (κ2) is 13.0. The fourth-order valence-corrected chi connectivity index (χ4v) is 6.23. The van der Waals surface area contributed by atoms with Crippen LogP contribution in [-0.4, -0.2) is 51.3 Å². The molecule has 0 fully saturated rings. The highest BCUT2D eigenvalue weighted by Gasteiger charge is 2.42. The number of anilines is 2. The van der Waals surface area contributed by atoms with Crippen molar-refractivity contribution in [2.75, 3.05) is 17.1 Å². The van der Waals surface area contributed by atoms with Crippen molar-refractivity contribution in [3.63, 3.8) is 0 Å². The largest absolute Gasteiger partial charge is 0.322 e. The number of hydrogen-bond donors (Lipinski definition) is 2. The van der Waals surface area contributed by atoms with Crippen molar-refractivity contribution in [3.05, 3.63) is 125 Å². The lowest BCUT2D eigenvalue weighted by Gasteiger charge is -2.17. The first-order valence-electron chi connectivity index (χ1n) is 13.8. The number of nitrogens with one attached hydrogen (secondary N) is 2. The molecule has 0 radical (unpaired) electrons. The molecule has 2 N–H and O–H groups in total. The maximum atomic E-state index is 12.9. The van der Waals surface area contributed by atoms with Crippen LogP contribution in [0.4, 0.5) is 11.4 Å². The van der Waals surface area contributed by atoms with E-state index >= 15 is 0 Å². The highest BCUT2D eigenvalue weighted by molar-refractivity contribution is 7.92. The van der Waals surface area contributed by atoms with Crippen LogP contribution in [0.5, 0.6) is 0 Å². The minimum atomic E-state index is -3.97. The minimum absolute atomic E-state index is 0.0570. The van der Waals surface area contributed by atoms with Crippen molar-refractivity contribution < 1.29 is 27.6 Å². The van der Waals surface area contributed by atoms with Gasteiger partial charge in [-0.1, -0.05) is 42.5 Å². The molecule has 45 heavy (non-hydrogen) atoms. The lowest BCUT2D eigenvalue weighted by molar-refractivity contribution is -0.121. The Bertz CT molecular complexity index is 1950. The number of rotatable bonds is 10.